The van der Waals surface area contributed by atoms with Gasteiger partial charge in [0.15, 0.2) is 0 Å². The van der Waals surface area contributed by atoms with E-state index >= 15 is 0 Å². The highest BCUT2D eigenvalue weighted by atomic mass is 16.3. The smallest absolute Gasteiger partial charge is 0.360 e. The minimum Gasteiger partial charge on any atom is -0.456 e. The average molecular weight is 742 g/mol. The van der Waals surface area contributed by atoms with Gasteiger partial charge >= 0.3 is 11.7 Å². The Labute approximate surface area is 333 Å². The standard InChI is InChI=1S/C53H32N4O/c1-3-13-34(14-4-1)51-54-52(37-25-27-42-41-19-10-12-22-48(41)58-49(42)32-37)56-53(55-51)45-31-38(29-36-15-7-8-18-40(36)45)35-24-23-33-26-28-47-50(44(33)30-35)43-20-9-11-21-46(43)57(47)39-16-5-2-6-17-39/h1-32H/p+1. The number of hydrogen-bond donors (Lipinski definition) is 1. The van der Waals surface area contributed by atoms with E-state index in [1.165, 1.54) is 32.6 Å². The average Bonchev–Trinajstić information content (AvgIpc) is 3.84. The zero-order chi connectivity index (χ0) is 38.2. The number of furan rings is 1. The fraction of sp³-hybridized carbons (Fsp3) is 0. The van der Waals surface area contributed by atoms with E-state index < -0.39 is 0 Å². The first-order valence-corrected chi connectivity index (χ1v) is 19.6. The lowest BCUT2D eigenvalue weighted by molar-refractivity contribution is 0.669. The maximum atomic E-state index is 6.31. The molecule has 1 N–H and O–H groups in total. The molecule has 0 bridgehead atoms. The molecule has 3 heterocycles. The first-order valence-electron chi connectivity index (χ1n) is 19.6. The van der Waals surface area contributed by atoms with Crippen LogP contribution in [0.25, 0.3) is 82.1 Å². The van der Waals surface area contributed by atoms with Crippen LogP contribution < -0.4 is 9.98 Å². The third-order valence-electron chi connectivity index (χ3n) is 11.5. The summed E-state index contributed by atoms with van der Waals surface area (Å²) >= 11 is 0. The molecule has 1 aliphatic heterocycles. The van der Waals surface area contributed by atoms with Crippen LogP contribution in [0.4, 0.5) is 0 Å². The molecule has 12 rings (SSSR count). The summed E-state index contributed by atoms with van der Waals surface area (Å²) in [5, 5.41) is 13.0. The summed E-state index contributed by atoms with van der Waals surface area (Å²) in [5.41, 5.74) is 10.3. The van der Waals surface area contributed by atoms with Crippen molar-refractivity contribution in [3.05, 3.63) is 211 Å². The molecule has 9 aromatic carbocycles. The normalized spacial score (nSPS) is 13.0. The monoisotopic (exact) mass is 741 g/mol. The first-order chi connectivity index (χ1) is 28.7. The van der Waals surface area contributed by atoms with Crippen molar-refractivity contribution in [2.45, 2.75) is 0 Å². The molecule has 0 unspecified atom stereocenters. The SMILES string of the molecule is c1ccc(C2=[N+]=C(c3ccc4c(c3)oc3ccccc34)N=C(c3cc(-c4ccc5ccc6c(c5c4)c4ccccc4n6-c4ccccc4)cc4ccccc34)N2)cc1. The molecule has 5 heteroatoms. The summed E-state index contributed by atoms with van der Waals surface area (Å²) in [6, 6.07) is 68.5. The van der Waals surface area contributed by atoms with Crippen molar-refractivity contribution in [2.75, 3.05) is 0 Å². The van der Waals surface area contributed by atoms with E-state index in [-0.39, 0.29) is 0 Å². The fourth-order valence-corrected chi connectivity index (χ4v) is 8.75. The van der Waals surface area contributed by atoms with Gasteiger partial charge in [0.05, 0.1) is 27.7 Å². The van der Waals surface area contributed by atoms with E-state index in [0.717, 1.165) is 77.9 Å². The number of nitrogens with one attached hydrogen (secondary N) is 1. The Morgan fingerprint density at radius 1 is 0.448 bits per heavy atom. The van der Waals surface area contributed by atoms with E-state index in [9.17, 15) is 0 Å². The van der Waals surface area contributed by atoms with Gasteiger partial charge in [0, 0.05) is 27.2 Å². The third kappa shape index (κ3) is 5.12. The van der Waals surface area contributed by atoms with Crippen LogP contribution in [0.2, 0.25) is 0 Å². The van der Waals surface area contributed by atoms with Crippen LogP contribution in [0.15, 0.2) is 204 Å². The molecule has 2 aromatic heterocycles. The van der Waals surface area contributed by atoms with Gasteiger partial charge in [-0.15, -0.1) is 0 Å². The molecule has 11 aromatic rings. The minimum absolute atomic E-state index is 0.618. The van der Waals surface area contributed by atoms with Gasteiger partial charge in [-0.1, -0.05) is 120 Å². The predicted octanol–water partition coefficient (Wildman–Crippen LogP) is 12.0. The zero-order valence-electron chi connectivity index (χ0n) is 31.2. The maximum absolute atomic E-state index is 6.31. The Morgan fingerprint density at radius 2 is 1.16 bits per heavy atom. The number of para-hydroxylation sites is 3. The number of nitrogens with zero attached hydrogens (tertiary/aromatic N) is 3. The molecule has 0 aliphatic carbocycles. The molecule has 0 spiro atoms. The second-order valence-electron chi connectivity index (χ2n) is 14.9. The van der Waals surface area contributed by atoms with Crippen molar-refractivity contribution in [1.82, 2.24) is 14.6 Å². The lowest BCUT2D eigenvalue weighted by Gasteiger charge is -2.13. The quantitative estimate of drug-likeness (QED) is 0.179. The molecular weight excluding hydrogens is 709 g/mol. The van der Waals surface area contributed by atoms with Crippen molar-refractivity contribution in [3.63, 3.8) is 0 Å². The lowest BCUT2D eigenvalue weighted by atomic mass is 9.93. The van der Waals surface area contributed by atoms with Crippen LogP contribution >= 0.6 is 0 Å². The summed E-state index contributed by atoms with van der Waals surface area (Å²) in [4.78, 5) is 5.29. The van der Waals surface area contributed by atoms with Crippen molar-refractivity contribution >= 4 is 82.8 Å². The Kier molecular flexibility index (Phi) is 7.12. The molecule has 58 heavy (non-hydrogen) atoms. The summed E-state index contributed by atoms with van der Waals surface area (Å²) in [7, 11) is 0. The Balaban J connectivity index is 1.05. The summed E-state index contributed by atoms with van der Waals surface area (Å²) < 4.78 is 13.8. The molecule has 0 saturated carbocycles. The van der Waals surface area contributed by atoms with Crippen LogP contribution in [0.3, 0.4) is 0 Å². The number of rotatable bonds is 5. The van der Waals surface area contributed by atoms with Gasteiger partial charge in [-0.3, -0.25) is 0 Å². The van der Waals surface area contributed by atoms with Crippen LogP contribution in [0, 0.1) is 0 Å². The van der Waals surface area contributed by atoms with E-state index in [2.05, 4.69) is 168 Å². The highest BCUT2D eigenvalue weighted by Crippen LogP contribution is 2.39. The molecule has 0 fully saturated rings. The first kappa shape index (κ1) is 32.3. The molecule has 5 nitrogen and oxygen atoms in total. The highest BCUT2D eigenvalue weighted by Gasteiger charge is 2.28. The van der Waals surface area contributed by atoms with Gasteiger partial charge in [-0.25, -0.2) is 9.98 Å². The van der Waals surface area contributed by atoms with E-state index in [0.29, 0.717) is 5.84 Å². The number of benzene rings is 9. The van der Waals surface area contributed by atoms with Crippen LogP contribution in [0.1, 0.15) is 16.7 Å². The van der Waals surface area contributed by atoms with Gasteiger partial charge in [0.25, 0.3) is 5.84 Å². The molecule has 270 valence electrons. The lowest BCUT2D eigenvalue weighted by Crippen LogP contribution is -2.38. The van der Waals surface area contributed by atoms with Gasteiger partial charge in [-0.05, 0) is 112 Å². The number of amidine groups is 3. The number of hydrogen-bond acceptors (Lipinski definition) is 3. The summed E-state index contributed by atoms with van der Waals surface area (Å²) in [5.74, 6) is 2.09. The Bertz CT molecular complexity index is 3570. The summed E-state index contributed by atoms with van der Waals surface area (Å²) in [6.45, 7) is 0. The van der Waals surface area contributed by atoms with E-state index in [4.69, 9.17) is 14.1 Å². The minimum atomic E-state index is 0.618. The second-order valence-corrected chi connectivity index (χ2v) is 14.9. The van der Waals surface area contributed by atoms with E-state index in [1.54, 1.807) is 0 Å². The molecule has 0 radical (unpaired) electrons. The summed E-state index contributed by atoms with van der Waals surface area (Å²) in [6.07, 6.45) is 0. The van der Waals surface area contributed by atoms with Crippen LogP contribution in [0.5, 0.6) is 0 Å². The van der Waals surface area contributed by atoms with Crippen molar-refractivity contribution in [2.24, 2.45) is 4.99 Å². The topological polar surface area (TPSA) is 56.6 Å². The maximum Gasteiger partial charge on any atom is 0.360 e. The highest BCUT2D eigenvalue weighted by molar-refractivity contribution is 6.27. The number of aromatic nitrogens is 1. The number of aliphatic imine (C=N–C) groups is 1. The van der Waals surface area contributed by atoms with Gasteiger partial charge in [0.1, 0.15) is 11.2 Å². The molecule has 0 atom stereocenters. The number of fused-ring (bicyclic) bond motifs is 9. The van der Waals surface area contributed by atoms with E-state index in [1.807, 2.05) is 36.4 Å². The largest absolute Gasteiger partial charge is 0.456 e. The van der Waals surface area contributed by atoms with Gasteiger partial charge in [0.2, 0.25) is 0 Å². The predicted molar refractivity (Wildman–Crippen MR) is 241 cm³/mol. The van der Waals surface area contributed by atoms with Gasteiger partial charge < -0.3 is 8.98 Å². The zero-order valence-corrected chi connectivity index (χ0v) is 31.2. The van der Waals surface area contributed by atoms with Crippen molar-refractivity contribution in [1.29, 1.82) is 0 Å². The molecular formula is C53H33N4O+. The Hall–Kier alpha value is -7.98. The van der Waals surface area contributed by atoms with Crippen molar-refractivity contribution < 1.29 is 4.42 Å². The van der Waals surface area contributed by atoms with Gasteiger partial charge in [-0.2, -0.15) is 0 Å². The molecule has 1 aliphatic rings. The second kappa shape index (κ2) is 12.8. The van der Waals surface area contributed by atoms with Crippen molar-refractivity contribution in [3.8, 4) is 16.8 Å². The molecule has 0 amide bonds. The Morgan fingerprint density at radius 3 is 2.03 bits per heavy atom. The fourth-order valence-electron chi connectivity index (χ4n) is 8.75. The van der Waals surface area contributed by atoms with Crippen LogP contribution in [-0.4, -0.2) is 22.1 Å². The third-order valence-corrected chi connectivity index (χ3v) is 11.5. The molecule has 0 saturated heterocycles. The van der Waals surface area contributed by atoms with Crippen LogP contribution in [-0.2, 0) is 0 Å².